The smallest absolute Gasteiger partial charge is 0.0599 e. The monoisotopic (exact) mass is 255 g/mol. The first-order chi connectivity index (χ1) is 7.88. The van der Waals surface area contributed by atoms with E-state index >= 15 is 0 Å². The van der Waals surface area contributed by atoms with Crippen LogP contribution in [-0.2, 0) is 4.74 Å². The van der Waals surface area contributed by atoms with Crippen LogP contribution in [0.4, 0.5) is 0 Å². The van der Waals surface area contributed by atoms with Gasteiger partial charge in [-0.3, -0.25) is 0 Å². The number of nitrogens with one attached hydrogen (secondary N) is 1. The lowest BCUT2D eigenvalue weighted by atomic mass is 10.1. The zero-order valence-electron chi connectivity index (χ0n) is 11.1. The standard InChI is InChI=1S/C14H22ClNO/c1-11(12-5-7-13(15)8-6-12)16-9-10-17-14(2,3)4/h5-8,11,16H,9-10H2,1-4H3/t11-/m0/s1. The van der Waals surface area contributed by atoms with E-state index in [1.807, 2.05) is 24.3 Å². The SMILES string of the molecule is C[C@H](NCCOC(C)(C)C)c1ccc(Cl)cc1. The fourth-order valence-corrected chi connectivity index (χ4v) is 1.63. The molecule has 0 radical (unpaired) electrons. The average Bonchev–Trinajstić information content (AvgIpc) is 2.24. The van der Waals surface area contributed by atoms with Gasteiger partial charge in [0.2, 0.25) is 0 Å². The molecule has 0 spiro atoms. The minimum absolute atomic E-state index is 0.0643. The van der Waals surface area contributed by atoms with Crippen LogP contribution in [0.2, 0.25) is 5.02 Å². The van der Waals surface area contributed by atoms with E-state index in [1.165, 1.54) is 5.56 Å². The van der Waals surface area contributed by atoms with Crippen LogP contribution in [0.1, 0.15) is 39.3 Å². The molecule has 0 aliphatic carbocycles. The van der Waals surface area contributed by atoms with Gasteiger partial charge in [0.25, 0.3) is 0 Å². The molecule has 1 aromatic rings. The third kappa shape index (κ3) is 6.06. The normalized spacial score (nSPS) is 13.7. The van der Waals surface area contributed by atoms with Crippen LogP contribution >= 0.6 is 11.6 Å². The highest BCUT2D eigenvalue weighted by Crippen LogP contribution is 2.15. The Bertz CT molecular complexity index is 329. The molecule has 0 aliphatic heterocycles. The second-order valence-corrected chi connectivity index (χ2v) is 5.62. The Balaban J connectivity index is 2.30. The molecule has 3 heteroatoms. The van der Waals surface area contributed by atoms with Crippen molar-refractivity contribution in [3.05, 3.63) is 34.9 Å². The van der Waals surface area contributed by atoms with E-state index in [2.05, 4.69) is 33.0 Å². The molecule has 0 aromatic heterocycles. The first-order valence-corrected chi connectivity index (χ1v) is 6.39. The van der Waals surface area contributed by atoms with E-state index in [4.69, 9.17) is 16.3 Å². The third-order valence-electron chi connectivity index (χ3n) is 2.46. The molecule has 1 rings (SSSR count). The summed E-state index contributed by atoms with van der Waals surface area (Å²) < 4.78 is 5.65. The Kier molecular flexibility index (Phi) is 5.44. The van der Waals surface area contributed by atoms with Gasteiger partial charge in [-0.25, -0.2) is 0 Å². The van der Waals surface area contributed by atoms with Gasteiger partial charge in [0.15, 0.2) is 0 Å². The predicted molar refractivity (Wildman–Crippen MR) is 73.6 cm³/mol. The maximum atomic E-state index is 5.85. The molecule has 0 saturated carbocycles. The molecule has 1 N–H and O–H groups in total. The average molecular weight is 256 g/mol. The van der Waals surface area contributed by atoms with E-state index in [0.717, 1.165) is 18.2 Å². The van der Waals surface area contributed by atoms with E-state index < -0.39 is 0 Å². The Morgan fingerprint density at radius 1 is 1.24 bits per heavy atom. The first kappa shape index (κ1) is 14.5. The van der Waals surface area contributed by atoms with Crippen LogP contribution < -0.4 is 5.32 Å². The van der Waals surface area contributed by atoms with Crippen molar-refractivity contribution in [1.29, 1.82) is 0 Å². The van der Waals surface area contributed by atoms with Crippen molar-refractivity contribution >= 4 is 11.6 Å². The van der Waals surface area contributed by atoms with Crippen LogP contribution in [0.25, 0.3) is 0 Å². The van der Waals surface area contributed by atoms with Crippen LogP contribution in [0.15, 0.2) is 24.3 Å². The quantitative estimate of drug-likeness (QED) is 0.808. The number of benzene rings is 1. The van der Waals surface area contributed by atoms with Crippen LogP contribution in [0, 0.1) is 0 Å². The van der Waals surface area contributed by atoms with Gasteiger partial charge < -0.3 is 10.1 Å². The lowest BCUT2D eigenvalue weighted by molar-refractivity contribution is -0.00149. The second kappa shape index (κ2) is 6.39. The lowest BCUT2D eigenvalue weighted by Crippen LogP contribution is -2.28. The number of ether oxygens (including phenoxy) is 1. The lowest BCUT2D eigenvalue weighted by Gasteiger charge is -2.21. The Morgan fingerprint density at radius 2 is 1.82 bits per heavy atom. The van der Waals surface area contributed by atoms with Crippen molar-refractivity contribution in [3.63, 3.8) is 0 Å². The number of rotatable bonds is 5. The van der Waals surface area contributed by atoms with Gasteiger partial charge in [-0.2, -0.15) is 0 Å². The molecule has 0 saturated heterocycles. The Morgan fingerprint density at radius 3 is 2.35 bits per heavy atom. The molecule has 0 aliphatic rings. The zero-order chi connectivity index (χ0) is 12.9. The van der Waals surface area contributed by atoms with Crippen molar-refractivity contribution in [3.8, 4) is 0 Å². The fourth-order valence-electron chi connectivity index (χ4n) is 1.50. The summed E-state index contributed by atoms with van der Waals surface area (Å²) in [7, 11) is 0. The Hall–Kier alpha value is -0.570. The van der Waals surface area contributed by atoms with E-state index in [-0.39, 0.29) is 5.60 Å². The van der Waals surface area contributed by atoms with Gasteiger partial charge in [0.05, 0.1) is 12.2 Å². The van der Waals surface area contributed by atoms with Crippen molar-refractivity contribution < 1.29 is 4.74 Å². The largest absolute Gasteiger partial charge is 0.375 e. The minimum Gasteiger partial charge on any atom is -0.375 e. The predicted octanol–water partition coefficient (Wildman–Crippen LogP) is 3.81. The summed E-state index contributed by atoms with van der Waals surface area (Å²) in [6.07, 6.45) is 0. The van der Waals surface area contributed by atoms with E-state index in [9.17, 15) is 0 Å². The maximum absolute atomic E-state index is 5.85. The van der Waals surface area contributed by atoms with Crippen LogP contribution in [0.3, 0.4) is 0 Å². The molecular formula is C14H22ClNO. The molecular weight excluding hydrogens is 234 g/mol. The summed E-state index contributed by atoms with van der Waals surface area (Å²) in [5.74, 6) is 0. The van der Waals surface area contributed by atoms with Gasteiger partial charge in [0.1, 0.15) is 0 Å². The summed E-state index contributed by atoms with van der Waals surface area (Å²) in [4.78, 5) is 0. The number of halogens is 1. The molecule has 1 atom stereocenters. The van der Waals surface area contributed by atoms with Gasteiger partial charge in [0, 0.05) is 17.6 Å². The van der Waals surface area contributed by atoms with Crippen LogP contribution in [-0.4, -0.2) is 18.8 Å². The molecule has 17 heavy (non-hydrogen) atoms. The van der Waals surface area contributed by atoms with Crippen molar-refractivity contribution in [1.82, 2.24) is 5.32 Å². The van der Waals surface area contributed by atoms with E-state index in [1.54, 1.807) is 0 Å². The van der Waals surface area contributed by atoms with Crippen molar-refractivity contribution in [2.24, 2.45) is 0 Å². The maximum Gasteiger partial charge on any atom is 0.0599 e. The molecule has 0 fully saturated rings. The zero-order valence-corrected chi connectivity index (χ0v) is 11.8. The van der Waals surface area contributed by atoms with Gasteiger partial charge in [-0.05, 0) is 45.4 Å². The highest BCUT2D eigenvalue weighted by Gasteiger charge is 2.10. The van der Waals surface area contributed by atoms with Crippen molar-refractivity contribution in [2.75, 3.05) is 13.2 Å². The highest BCUT2D eigenvalue weighted by molar-refractivity contribution is 6.30. The molecule has 0 heterocycles. The summed E-state index contributed by atoms with van der Waals surface area (Å²) in [6.45, 7) is 9.91. The number of hydrogen-bond donors (Lipinski definition) is 1. The van der Waals surface area contributed by atoms with Gasteiger partial charge in [-0.15, -0.1) is 0 Å². The first-order valence-electron chi connectivity index (χ1n) is 6.01. The number of hydrogen-bond acceptors (Lipinski definition) is 2. The fraction of sp³-hybridized carbons (Fsp3) is 0.571. The molecule has 2 nitrogen and oxygen atoms in total. The summed E-state index contributed by atoms with van der Waals surface area (Å²) in [6, 6.07) is 8.24. The molecule has 1 aromatic carbocycles. The van der Waals surface area contributed by atoms with Crippen molar-refractivity contribution in [2.45, 2.75) is 39.3 Å². The summed E-state index contributed by atoms with van der Waals surface area (Å²) >= 11 is 5.85. The second-order valence-electron chi connectivity index (χ2n) is 5.19. The minimum atomic E-state index is -0.0643. The third-order valence-corrected chi connectivity index (χ3v) is 2.71. The molecule has 0 unspecified atom stereocenters. The molecule has 96 valence electrons. The summed E-state index contributed by atoms with van der Waals surface area (Å²) in [5, 5.41) is 4.20. The summed E-state index contributed by atoms with van der Waals surface area (Å²) in [5.41, 5.74) is 1.18. The van der Waals surface area contributed by atoms with Gasteiger partial charge in [-0.1, -0.05) is 23.7 Å². The topological polar surface area (TPSA) is 21.3 Å². The van der Waals surface area contributed by atoms with E-state index in [0.29, 0.717) is 6.04 Å². The highest BCUT2D eigenvalue weighted by atomic mass is 35.5. The molecule has 0 bridgehead atoms. The molecule has 0 amide bonds. The van der Waals surface area contributed by atoms with Crippen LogP contribution in [0.5, 0.6) is 0 Å². The Labute approximate surface area is 109 Å². The van der Waals surface area contributed by atoms with Gasteiger partial charge >= 0.3 is 0 Å².